The fourth-order valence-electron chi connectivity index (χ4n) is 2.16. The molecule has 108 valence electrons. The molecule has 1 aromatic heterocycles. The van der Waals surface area contributed by atoms with Gasteiger partial charge in [0.25, 0.3) is 0 Å². The molecule has 1 atom stereocenters. The second-order valence-corrected chi connectivity index (χ2v) is 6.14. The number of halogens is 2. The van der Waals surface area contributed by atoms with Crippen LogP contribution in [0.5, 0.6) is 0 Å². The molecule has 0 aliphatic carbocycles. The minimum atomic E-state index is 0.253. The normalized spacial score (nSPS) is 12.7. The van der Waals surface area contributed by atoms with Crippen molar-refractivity contribution in [2.75, 3.05) is 0 Å². The molecule has 0 radical (unpaired) electrons. The Balaban J connectivity index is 2.07. The Hall–Kier alpha value is -0.840. The number of hydrogen-bond donors (Lipinski definition) is 1. The first-order chi connectivity index (χ1) is 9.52. The first kappa shape index (κ1) is 15.5. The molecule has 0 amide bonds. The Morgan fingerprint density at radius 3 is 2.80 bits per heavy atom. The summed E-state index contributed by atoms with van der Waals surface area (Å²) in [5.41, 5.74) is 3.24. The number of aromatic nitrogens is 2. The van der Waals surface area contributed by atoms with Gasteiger partial charge in [-0.2, -0.15) is 5.10 Å². The van der Waals surface area contributed by atoms with Crippen molar-refractivity contribution in [3.8, 4) is 0 Å². The van der Waals surface area contributed by atoms with Gasteiger partial charge in [-0.1, -0.05) is 46.6 Å². The van der Waals surface area contributed by atoms with Crippen LogP contribution in [0.4, 0.5) is 0 Å². The van der Waals surface area contributed by atoms with Crippen LogP contribution in [0, 0.1) is 0 Å². The molecule has 20 heavy (non-hydrogen) atoms. The van der Waals surface area contributed by atoms with Crippen molar-refractivity contribution in [2.45, 2.75) is 32.9 Å². The van der Waals surface area contributed by atoms with Crippen LogP contribution in [0.25, 0.3) is 0 Å². The number of rotatable bonds is 5. The van der Waals surface area contributed by atoms with Gasteiger partial charge < -0.3 is 5.32 Å². The van der Waals surface area contributed by atoms with Gasteiger partial charge in [0, 0.05) is 24.1 Å². The third-order valence-corrected chi connectivity index (χ3v) is 4.36. The fraction of sp³-hybridized carbons (Fsp3) is 0.400. The molecule has 0 bridgehead atoms. The van der Waals surface area contributed by atoms with E-state index in [9.17, 15) is 0 Å². The Bertz CT molecular complexity index is 595. The van der Waals surface area contributed by atoms with Crippen LogP contribution in [-0.2, 0) is 20.0 Å². The van der Waals surface area contributed by atoms with Gasteiger partial charge in [-0.15, -0.1) is 0 Å². The maximum atomic E-state index is 6.35. The van der Waals surface area contributed by atoms with Gasteiger partial charge in [0.1, 0.15) is 0 Å². The van der Waals surface area contributed by atoms with Crippen LogP contribution in [0.3, 0.4) is 0 Å². The average molecular weight is 357 g/mol. The number of hydrogen-bond acceptors (Lipinski definition) is 2. The molecule has 0 fully saturated rings. The minimum Gasteiger partial charge on any atom is -0.305 e. The monoisotopic (exact) mass is 355 g/mol. The van der Waals surface area contributed by atoms with Gasteiger partial charge in [0.05, 0.1) is 16.4 Å². The second kappa shape index (κ2) is 6.74. The summed E-state index contributed by atoms with van der Waals surface area (Å²) < 4.78 is 2.96. The Kier molecular flexibility index (Phi) is 5.24. The SMILES string of the molecule is CCc1nn(C)c(CN[C@H](C)c2cccc(Br)c2)c1Cl. The smallest absolute Gasteiger partial charge is 0.0863 e. The summed E-state index contributed by atoms with van der Waals surface area (Å²) in [5, 5.41) is 8.71. The highest BCUT2D eigenvalue weighted by Crippen LogP contribution is 2.22. The lowest BCUT2D eigenvalue weighted by Crippen LogP contribution is -2.20. The third-order valence-electron chi connectivity index (χ3n) is 3.43. The van der Waals surface area contributed by atoms with Crippen LogP contribution in [0.1, 0.15) is 36.8 Å². The molecular formula is C15H19BrClN3. The van der Waals surface area contributed by atoms with Gasteiger partial charge in [0.2, 0.25) is 0 Å². The maximum Gasteiger partial charge on any atom is 0.0863 e. The highest BCUT2D eigenvalue weighted by atomic mass is 79.9. The fourth-order valence-corrected chi connectivity index (χ4v) is 2.93. The molecule has 2 rings (SSSR count). The van der Waals surface area contributed by atoms with Crippen molar-refractivity contribution in [3.63, 3.8) is 0 Å². The second-order valence-electron chi connectivity index (χ2n) is 4.84. The van der Waals surface area contributed by atoms with E-state index in [1.807, 2.05) is 23.9 Å². The molecule has 1 aromatic carbocycles. The number of nitrogens with one attached hydrogen (secondary N) is 1. The van der Waals surface area contributed by atoms with E-state index < -0.39 is 0 Å². The number of benzene rings is 1. The molecular weight excluding hydrogens is 338 g/mol. The summed E-state index contributed by atoms with van der Waals surface area (Å²) in [6.07, 6.45) is 0.855. The first-order valence-corrected chi connectivity index (χ1v) is 7.89. The zero-order valence-electron chi connectivity index (χ0n) is 12.0. The molecule has 0 aliphatic rings. The van der Waals surface area contributed by atoms with E-state index in [2.05, 4.69) is 52.3 Å². The highest BCUT2D eigenvalue weighted by molar-refractivity contribution is 9.10. The molecule has 0 saturated carbocycles. The maximum absolute atomic E-state index is 6.35. The van der Waals surface area contributed by atoms with E-state index in [4.69, 9.17) is 11.6 Å². The van der Waals surface area contributed by atoms with E-state index in [0.29, 0.717) is 6.54 Å². The Labute approximate surface area is 133 Å². The van der Waals surface area contributed by atoms with E-state index in [1.54, 1.807) is 0 Å². The largest absolute Gasteiger partial charge is 0.305 e. The minimum absolute atomic E-state index is 0.253. The average Bonchev–Trinajstić information content (AvgIpc) is 2.71. The Morgan fingerprint density at radius 1 is 1.45 bits per heavy atom. The van der Waals surface area contributed by atoms with Crippen molar-refractivity contribution in [1.29, 1.82) is 0 Å². The quantitative estimate of drug-likeness (QED) is 0.868. The van der Waals surface area contributed by atoms with Gasteiger partial charge in [0.15, 0.2) is 0 Å². The van der Waals surface area contributed by atoms with E-state index in [-0.39, 0.29) is 6.04 Å². The predicted molar refractivity (Wildman–Crippen MR) is 87.0 cm³/mol. The molecule has 0 aliphatic heterocycles. The van der Waals surface area contributed by atoms with Gasteiger partial charge in [-0.25, -0.2) is 0 Å². The lowest BCUT2D eigenvalue weighted by Gasteiger charge is -2.15. The summed E-state index contributed by atoms with van der Waals surface area (Å²) in [4.78, 5) is 0. The lowest BCUT2D eigenvalue weighted by atomic mass is 10.1. The van der Waals surface area contributed by atoms with Crippen molar-refractivity contribution in [3.05, 3.63) is 50.7 Å². The van der Waals surface area contributed by atoms with E-state index in [0.717, 1.165) is 27.3 Å². The molecule has 5 heteroatoms. The van der Waals surface area contributed by atoms with E-state index >= 15 is 0 Å². The van der Waals surface area contributed by atoms with Crippen molar-refractivity contribution < 1.29 is 0 Å². The van der Waals surface area contributed by atoms with Crippen LogP contribution in [0.15, 0.2) is 28.7 Å². The molecule has 1 heterocycles. The molecule has 0 spiro atoms. The van der Waals surface area contributed by atoms with Gasteiger partial charge in [-0.3, -0.25) is 4.68 Å². The van der Waals surface area contributed by atoms with E-state index in [1.165, 1.54) is 5.56 Å². The van der Waals surface area contributed by atoms with Crippen LogP contribution in [0.2, 0.25) is 5.02 Å². The summed E-state index contributed by atoms with van der Waals surface area (Å²) in [7, 11) is 1.94. The molecule has 1 N–H and O–H groups in total. The van der Waals surface area contributed by atoms with Crippen LogP contribution >= 0.6 is 27.5 Å². The lowest BCUT2D eigenvalue weighted by molar-refractivity contribution is 0.547. The first-order valence-electron chi connectivity index (χ1n) is 6.72. The zero-order chi connectivity index (χ0) is 14.7. The Morgan fingerprint density at radius 2 is 2.20 bits per heavy atom. The zero-order valence-corrected chi connectivity index (χ0v) is 14.3. The van der Waals surface area contributed by atoms with Crippen molar-refractivity contribution in [1.82, 2.24) is 15.1 Å². The number of nitrogens with zero attached hydrogens (tertiary/aromatic N) is 2. The van der Waals surface area contributed by atoms with Gasteiger partial charge >= 0.3 is 0 Å². The standard InChI is InChI=1S/C15H19BrClN3/c1-4-13-15(17)14(20(3)19-13)9-18-10(2)11-6-5-7-12(16)8-11/h5-8,10,18H,4,9H2,1-3H3/t10-/m1/s1. The highest BCUT2D eigenvalue weighted by Gasteiger charge is 2.14. The summed E-state index contributed by atoms with van der Waals surface area (Å²) in [6, 6.07) is 8.57. The van der Waals surface area contributed by atoms with Crippen LogP contribution in [-0.4, -0.2) is 9.78 Å². The molecule has 3 nitrogen and oxygen atoms in total. The predicted octanol–water partition coefficient (Wildman–Crippen LogP) is 4.25. The molecule has 0 unspecified atom stereocenters. The van der Waals surface area contributed by atoms with Crippen molar-refractivity contribution >= 4 is 27.5 Å². The summed E-state index contributed by atoms with van der Waals surface area (Å²) in [6.45, 7) is 4.92. The van der Waals surface area contributed by atoms with Crippen molar-refractivity contribution in [2.24, 2.45) is 7.05 Å². The molecule has 2 aromatic rings. The summed E-state index contributed by atoms with van der Waals surface area (Å²) >= 11 is 9.85. The van der Waals surface area contributed by atoms with Gasteiger partial charge in [-0.05, 0) is 31.0 Å². The summed E-state index contributed by atoms with van der Waals surface area (Å²) in [5.74, 6) is 0. The molecule has 0 saturated heterocycles. The topological polar surface area (TPSA) is 29.9 Å². The third kappa shape index (κ3) is 3.43. The number of aryl methyl sites for hydroxylation is 2. The van der Waals surface area contributed by atoms with Crippen LogP contribution < -0.4 is 5.32 Å².